The van der Waals surface area contributed by atoms with E-state index in [1.165, 1.54) is 0 Å². The Kier molecular flexibility index (Phi) is 9.56. The maximum Gasteiger partial charge on any atom is 0.277 e. The number of hydrogen-bond acceptors (Lipinski definition) is 3. The van der Waals surface area contributed by atoms with Crippen LogP contribution < -0.4 is 4.83 Å². The van der Waals surface area contributed by atoms with E-state index in [2.05, 4.69) is 42.5 Å². The largest absolute Gasteiger partial charge is 0.277 e. The lowest BCUT2D eigenvalue weighted by molar-refractivity contribution is 0.579. The molecule has 0 aromatic heterocycles. The molecule has 0 aliphatic heterocycles. The van der Waals surface area contributed by atoms with Crippen molar-refractivity contribution in [3.63, 3.8) is 0 Å². The highest BCUT2D eigenvalue weighted by Crippen LogP contribution is 2.35. The number of sulfonamides is 1. The summed E-state index contributed by atoms with van der Waals surface area (Å²) in [4.78, 5) is 2.90. The normalized spacial score (nSPS) is 12.3. The fourth-order valence-electron chi connectivity index (χ4n) is 4.26. The number of hydrogen-bond donors (Lipinski definition) is 1. The summed E-state index contributed by atoms with van der Waals surface area (Å²) < 4.78 is 27.6. The molecule has 5 heteroatoms. The van der Waals surface area contributed by atoms with Gasteiger partial charge in [0.2, 0.25) is 0 Å². The summed E-state index contributed by atoms with van der Waals surface area (Å²) in [5.41, 5.74) is 3.99. The number of nitrogens with one attached hydrogen (secondary N) is 1. The van der Waals surface area contributed by atoms with Crippen molar-refractivity contribution in [1.29, 1.82) is 0 Å². The fourth-order valence-corrected chi connectivity index (χ4v) is 5.78. The zero-order valence-electron chi connectivity index (χ0n) is 23.2. The number of benzene rings is 3. The Hall–Kier alpha value is -3.10. The van der Waals surface area contributed by atoms with Crippen molar-refractivity contribution in [3.05, 3.63) is 76.9 Å². The highest BCUT2D eigenvalue weighted by molar-refractivity contribution is 7.89. The molecular weight excluding hydrogens is 476 g/mol. The standard InChI is InChI=1S/C32H40N2O2S/c1-8-9-10-11-16-31(27-18-17-25-14-12-13-15-26(25)19-27)33-34-37(35,36)32-29(23(4)5)20-28(22(2)3)21-30(32)24(6)7/h12-15,17-24,34H,8-10H2,1-7H3/b33-31+. The van der Waals surface area contributed by atoms with Gasteiger partial charge in [-0.1, -0.05) is 109 Å². The van der Waals surface area contributed by atoms with Gasteiger partial charge in [0.15, 0.2) is 0 Å². The Morgan fingerprint density at radius 1 is 0.865 bits per heavy atom. The minimum Gasteiger partial charge on any atom is -0.200 e. The van der Waals surface area contributed by atoms with Gasteiger partial charge in [-0.15, -0.1) is 0 Å². The molecule has 3 aromatic rings. The predicted molar refractivity (Wildman–Crippen MR) is 157 cm³/mol. The van der Waals surface area contributed by atoms with Crippen LogP contribution in [0.1, 0.15) is 108 Å². The Labute approximate surface area is 223 Å². The summed E-state index contributed by atoms with van der Waals surface area (Å²) in [6.45, 7) is 14.5. The molecule has 4 nitrogen and oxygen atoms in total. The Morgan fingerprint density at radius 3 is 2.05 bits per heavy atom. The molecule has 0 aliphatic rings. The van der Waals surface area contributed by atoms with Gasteiger partial charge in [-0.3, -0.25) is 0 Å². The van der Waals surface area contributed by atoms with Crippen LogP contribution in [0.4, 0.5) is 0 Å². The first-order chi connectivity index (χ1) is 17.5. The van der Waals surface area contributed by atoms with Crippen LogP contribution in [0.15, 0.2) is 64.6 Å². The van der Waals surface area contributed by atoms with Gasteiger partial charge in [0, 0.05) is 12.0 Å². The van der Waals surface area contributed by atoms with Gasteiger partial charge < -0.3 is 0 Å². The summed E-state index contributed by atoms with van der Waals surface area (Å²) in [7, 11) is -3.94. The van der Waals surface area contributed by atoms with Gasteiger partial charge in [0.05, 0.1) is 4.90 Å². The van der Waals surface area contributed by atoms with Crippen molar-refractivity contribution < 1.29 is 8.42 Å². The molecule has 0 bridgehead atoms. The lowest BCUT2D eigenvalue weighted by Crippen LogP contribution is -2.24. The quantitative estimate of drug-likeness (QED) is 0.135. The molecule has 0 spiro atoms. The van der Waals surface area contributed by atoms with Crippen molar-refractivity contribution in [2.75, 3.05) is 0 Å². The zero-order chi connectivity index (χ0) is 27.2. The van der Waals surface area contributed by atoms with Crippen molar-refractivity contribution >= 4 is 26.5 Å². The Balaban J connectivity index is 2.12. The summed E-state index contributed by atoms with van der Waals surface area (Å²) in [5, 5.41) is 6.57. The lowest BCUT2D eigenvalue weighted by Gasteiger charge is -2.22. The minimum absolute atomic E-state index is 0.0422. The van der Waals surface area contributed by atoms with Gasteiger partial charge in [0.1, 0.15) is 5.71 Å². The second kappa shape index (κ2) is 12.4. The molecule has 37 heavy (non-hydrogen) atoms. The molecule has 1 N–H and O–H groups in total. The van der Waals surface area contributed by atoms with Crippen LogP contribution in [-0.2, 0) is 10.0 Å². The smallest absolute Gasteiger partial charge is 0.200 e. The van der Waals surface area contributed by atoms with E-state index in [1.54, 1.807) is 0 Å². The van der Waals surface area contributed by atoms with E-state index in [1.807, 2.05) is 82.3 Å². The summed E-state index contributed by atoms with van der Waals surface area (Å²) in [6, 6.07) is 18.1. The second-order valence-corrected chi connectivity index (χ2v) is 12.1. The SMILES string of the molecule is CCCCC#C/C(=N\NS(=O)(=O)c1c(C(C)C)cc(C(C)C)cc1C(C)C)c1ccc2ccccc2c1. The van der Waals surface area contributed by atoms with Crippen molar-refractivity contribution in [2.45, 2.75) is 90.4 Å². The third-order valence-corrected chi connectivity index (χ3v) is 7.85. The molecule has 3 rings (SSSR count). The molecule has 0 saturated heterocycles. The topological polar surface area (TPSA) is 58.5 Å². The number of hydrazone groups is 1. The average molecular weight is 517 g/mol. The van der Waals surface area contributed by atoms with Gasteiger partial charge in [-0.25, -0.2) is 0 Å². The lowest BCUT2D eigenvalue weighted by atomic mass is 9.89. The third kappa shape index (κ3) is 7.02. The molecule has 0 atom stereocenters. The van der Waals surface area contributed by atoms with Crippen molar-refractivity contribution in [2.24, 2.45) is 5.10 Å². The monoisotopic (exact) mass is 516 g/mol. The maximum atomic E-state index is 13.8. The predicted octanol–water partition coefficient (Wildman–Crippen LogP) is 8.09. The summed E-state index contributed by atoms with van der Waals surface area (Å²) in [6.07, 6.45) is 2.77. The van der Waals surface area contributed by atoms with E-state index >= 15 is 0 Å². The Morgan fingerprint density at radius 2 is 1.49 bits per heavy atom. The van der Waals surface area contributed by atoms with Gasteiger partial charge in [0.25, 0.3) is 10.0 Å². The molecule has 0 unspecified atom stereocenters. The minimum atomic E-state index is -3.94. The van der Waals surface area contributed by atoms with Crippen LogP contribution in [0, 0.1) is 11.8 Å². The van der Waals surface area contributed by atoms with E-state index in [-0.39, 0.29) is 11.8 Å². The van der Waals surface area contributed by atoms with Crippen LogP contribution in [0.25, 0.3) is 10.8 Å². The molecule has 0 amide bonds. The van der Waals surface area contributed by atoms with E-state index in [4.69, 9.17) is 0 Å². The third-order valence-electron chi connectivity index (χ3n) is 6.51. The molecule has 196 valence electrons. The van der Waals surface area contributed by atoms with E-state index in [9.17, 15) is 8.42 Å². The van der Waals surface area contributed by atoms with Crippen LogP contribution in [0.5, 0.6) is 0 Å². The van der Waals surface area contributed by atoms with E-state index in [0.717, 1.165) is 52.3 Å². The molecular formula is C32H40N2O2S. The van der Waals surface area contributed by atoms with Crippen LogP contribution >= 0.6 is 0 Å². The first-order valence-electron chi connectivity index (χ1n) is 13.3. The van der Waals surface area contributed by atoms with Crippen molar-refractivity contribution in [1.82, 2.24) is 4.83 Å². The summed E-state index contributed by atoms with van der Waals surface area (Å²) in [5.74, 6) is 6.69. The van der Waals surface area contributed by atoms with Gasteiger partial charge >= 0.3 is 0 Å². The molecule has 0 aliphatic carbocycles. The van der Waals surface area contributed by atoms with Crippen LogP contribution in [-0.4, -0.2) is 14.1 Å². The fraction of sp³-hybridized carbons (Fsp3) is 0.406. The van der Waals surface area contributed by atoms with Gasteiger partial charge in [-0.2, -0.15) is 18.4 Å². The maximum absolute atomic E-state index is 13.8. The Bertz CT molecular complexity index is 1410. The first-order valence-corrected chi connectivity index (χ1v) is 14.8. The highest BCUT2D eigenvalue weighted by Gasteiger charge is 2.27. The molecule has 0 heterocycles. The van der Waals surface area contributed by atoms with Crippen LogP contribution in [0.2, 0.25) is 0 Å². The van der Waals surface area contributed by atoms with E-state index < -0.39 is 10.0 Å². The molecule has 0 saturated carbocycles. The number of rotatable bonds is 9. The van der Waals surface area contributed by atoms with Crippen molar-refractivity contribution in [3.8, 4) is 11.8 Å². The number of nitrogens with zero attached hydrogens (tertiary/aromatic N) is 1. The zero-order valence-corrected chi connectivity index (χ0v) is 24.0. The number of unbranched alkanes of at least 4 members (excludes halogenated alkanes) is 2. The summed E-state index contributed by atoms with van der Waals surface area (Å²) >= 11 is 0. The molecule has 0 radical (unpaired) electrons. The van der Waals surface area contributed by atoms with E-state index in [0.29, 0.717) is 16.5 Å². The average Bonchev–Trinajstić information content (AvgIpc) is 2.87. The van der Waals surface area contributed by atoms with Crippen LogP contribution in [0.3, 0.4) is 0 Å². The molecule has 0 fully saturated rings. The highest BCUT2D eigenvalue weighted by atomic mass is 32.2. The number of fused-ring (bicyclic) bond motifs is 1. The second-order valence-electron chi connectivity index (χ2n) is 10.5. The van der Waals surface area contributed by atoms with Gasteiger partial charge in [-0.05, 0) is 63.6 Å². The first kappa shape index (κ1) is 28.5. The molecule has 3 aromatic carbocycles.